The number of hydrogen-bond donors (Lipinski definition) is 1. The number of rotatable bonds is 10. The maximum absolute atomic E-state index is 3.81. The Bertz CT molecular complexity index is 201. The van der Waals surface area contributed by atoms with Gasteiger partial charge in [0.1, 0.15) is 0 Å². The quantitative estimate of drug-likeness (QED) is 0.465. The van der Waals surface area contributed by atoms with Gasteiger partial charge in [0.05, 0.1) is 0 Å². The monoisotopic (exact) mass is 240 g/mol. The fourth-order valence-corrected chi connectivity index (χ4v) is 2.29. The van der Waals surface area contributed by atoms with E-state index in [1.54, 1.807) is 0 Å². The molecule has 0 aliphatic rings. The van der Waals surface area contributed by atoms with Gasteiger partial charge in [0.2, 0.25) is 0 Å². The zero-order valence-electron chi connectivity index (χ0n) is 12.6. The van der Waals surface area contributed by atoms with Crippen LogP contribution < -0.4 is 5.32 Å². The Morgan fingerprint density at radius 3 is 2.41 bits per heavy atom. The van der Waals surface area contributed by atoms with E-state index in [-0.39, 0.29) is 5.54 Å². The molecule has 0 saturated heterocycles. The summed E-state index contributed by atoms with van der Waals surface area (Å²) in [5.74, 6) is 0. The lowest BCUT2D eigenvalue weighted by molar-refractivity contribution is 0.107. The van der Waals surface area contributed by atoms with E-state index >= 15 is 0 Å². The molecule has 0 aromatic rings. The van der Waals surface area contributed by atoms with Crippen molar-refractivity contribution >= 4 is 0 Å². The van der Waals surface area contributed by atoms with Crippen molar-refractivity contribution < 1.29 is 0 Å². The van der Waals surface area contributed by atoms with Crippen LogP contribution in [0.15, 0.2) is 12.7 Å². The summed E-state index contributed by atoms with van der Waals surface area (Å²) in [4.78, 5) is 2.37. The molecule has 0 aromatic carbocycles. The van der Waals surface area contributed by atoms with E-state index in [2.05, 4.69) is 51.7 Å². The number of likely N-dealkylation sites (N-methyl/N-ethyl adjacent to an activating group) is 1. The van der Waals surface area contributed by atoms with Gasteiger partial charge in [-0.25, -0.2) is 0 Å². The van der Waals surface area contributed by atoms with Gasteiger partial charge in [-0.3, -0.25) is 0 Å². The minimum absolute atomic E-state index is 0.246. The number of hydrogen-bond acceptors (Lipinski definition) is 2. The number of nitrogens with zero attached hydrogens (tertiary/aromatic N) is 1. The highest BCUT2D eigenvalue weighted by Gasteiger charge is 2.33. The molecule has 2 nitrogen and oxygen atoms in total. The van der Waals surface area contributed by atoms with E-state index in [9.17, 15) is 0 Å². The van der Waals surface area contributed by atoms with Crippen molar-refractivity contribution in [2.75, 3.05) is 20.6 Å². The number of unbranched alkanes of at least 4 members (excludes halogenated alkanes) is 1. The summed E-state index contributed by atoms with van der Waals surface area (Å²) in [7, 11) is 4.38. The summed E-state index contributed by atoms with van der Waals surface area (Å²) in [6.45, 7) is 11.8. The van der Waals surface area contributed by atoms with Crippen LogP contribution in [0, 0.1) is 0 Å². The number of allylic oxidation sites excluding steroid dienone is 1. The minimum Gasteiger partial charge on any atom is -0.312 e. The summed E-state index contributed by atoms with van der Waals surface area (Å²) >= 11 is 0. The Balaban J connectivity index is 4.55. The lowest BCUT2D eigenvalue weighted by atomic mass is 9.84. The van der Waals surface area contributed by atoms with Crippen molar-refractivity contribution in [1.82, 2.24) is 10.2 Å². The normalized spacial score (nSPS) is 16.8. The summed E-state index contributed by atoms with van der Waals surface area (Å²) in [6, 6.07) is 0.572. The lowest BCUT2D eigenvalue weighted by Crippen LogP contribution is -2.56. The average molecular weight is 240 g/mol. The minimum atomic E-state index is 0.246. The summed E-state index contributed by atoms with van der Waals surface area (Å²) in [5, 5.41) is 3.73. The van der Waals surface area contributed by atoms with Crippen molar-refractivity contribution in [2.45, 2.75) is 64.5 Å². The summed E-state index contributed by atoms with van der Waals surface area (Å²) in [6.07, 6.45) is 7.98. The Morgan fingerprint density at radius 1 is 1.35 bits per heavy atom. The molecule has 0 spiro atoms. The first-order valence-electron chi connectivity index (χ1n) is 7.04. The fraction of sp³-hybridized carbons (Fsp3) is 0.867. The first-order chi connectivity index (χ1) is 8.02. The fourth-order valence-electron chi connectivity index (χ4n) is 2.29. The van der Waals surface area contributed by atoms with Crippen LogP contribution in [0.2, 0.25) is 0 Å². The SMILES string of the molecule is C=CCCCC(NCCC)C(C)(CC)N(C)C. The molecular formula is C15H32N2. The van der Waals surface area contributed by atoms with E-state index in [1.807, 2.05) is 6.08 Å². The largest absolute Gasteiger partial charge is 0.312 e. The smallest absolute Gasteiger partial charge is 0.0325 e. The second-order valence-corrected chi connectivity index (χ2v) is 5.33. The average Bonchev–Trinajstić information content (AvgIpc) is 2.32. The molecule has 102 valence electrons. The predicted octanol–water partition coefficient (Wildman–Crippen LogP) is 3.44. The van der Waals surface area contributed by atoms with E-state index in [1.165, 1.54) is 25.7 Å². The first-order valence-corrected chi connectivity index (χ1v) is 7.04. The molecule has 0 rings (SSSR count). The molecule has 2 heteroatoms. The van der Waals surface area contributed by atoms with Crippen LogP contribution in [0.5, 0.6) is 0 Å². The molecule has 0 aliphatic carbocycles. The zero-order valence-corrected chi connectivity index (χ0v) is 12.6. The predicted molar refractivity (Wildman–Crippen MR) is 78.5 cm³/mol. The summed E-state index contributed by atoms with van der Waals surface area (Å²) in [5.41, 5.74) is 0.246. The highest BCUT2D eigenvalue weighted by Crippen LogP contribution is 2.24. The maximum Gasteiger partial charge on any atom is 0.0325 e. The molecule has 0 aliphatic heterocycles. The lowest BCUT2D eigenvalue weighted by Gasteiger charge is -2.43. The van der Waals surface area contributed by atoms with Crippen molar-refractivity contribution in [3.05, 3.63) is 12.7 Å². The number of nitrogens with one attached hydrogen (secondary N) is 1. The van der Waals surface area contributed by atoms with Crippen LogP contribution in [-0.4, -0.2) is 37.1 Å². The zero-order chi connectivity index (χ0) is 13.3. The Hall–Kier alpha value is -0.340. The molecule has 17 heavy (non-hydrogen) atoms. The molecule has 0 aromatic heterocycles. The van der Waals surface area contributed by atoms with Crippen LogP contribution in [0.25, 0.3) is 0 Å². The van der Waals surface area contributed by atoms with Crippen LogP contribution in [0.1, 0.15) is 52.9 Å². The molecule has 0 heterocycles. The molecule has 2 atom stereocenters. The second-order valence-electron chi connectivity index (χ2n) is 5.33. The molecule has 1 N–H and O–H groups in total. The van der Waals surface area contributed by atoms with Crippen molar-refractivity contribution in [1.29, 1.82) is 0 Å². The molecule has 0 bridgehead atoms. The topological polar surface area (TPSA) is 15.3 Å². The summed E-state index contributed by atoms with van der Waals surface area (Å²) < 4.78 is 0. The highest BCUT2D eigenvalue weighted by molar-refractivity contribution is 4.94. The highest BCUT2D eigenvalue weighted by atomic mass is 15.2. The Labute approximate surface area is 108 Å². The van der Waals surface area contributed by atoms with Gasteiger partial charge >= 0.3 is 0 Å². The molecule has 0 saturated carbocycles. The van der Waals surface area contributed by atoms with E-state index in [0.717, 1.165) is 13.0 Å². The van der Waals surface area contributed by atoms with Gasteiger partial charge in [-0.2, -0.15) is 0 Å². The standard InChI is InChI=1S/C15H32N2/c1-7-10-11-12-14(16-13-8-2)15(4,9-3)17(5)6/h7,14,16H,1,8-13H2,2-6H3. The van der Waals surface area contributed by atoms with Gasteiger partial charge in [-0.05, 0) is 59.7 Å². The van der Waals surface area contributed by atoms with Crippen molar-refractivity contribution in [3.8, 4) is 0 Å². The van der Waals surface area contributed by atoms with Crippen LogP contribution in [0.3, 0.4) is 0 Å². The van der Waals surface area contributed by atoms with E-state index < -0.39 is 0 Å². The van der Waals surface area contributed by atoms with Crippen molar-refractivity contribution in [3.63, 3.8) is 0 Å². The van der Waals surface area contributed by atoms with Gasteiger partial charge in [0.25, 0.3) is 0 Å². The van der Waals surface area contributed by atoms with Gasteiger partial charge in [-0.15, -0.1) is 6.58 Å². The van der Waals surface area contributed by atoms with Crippen LogP contribution >= 0.6 is 0 Å². The Morgan fingerprint density at radius 2 is 2.00 bits per heavy atom. The molecule has 0 fully saturated rings. The third-order valence-corrected chi connectivity index (χ3v) is 4.03. The molecule has 2 unspecified atom stereocenters. The van der Waals surface area contributed by atoms with Gasteiger partial charge < -0.3 is 10.2 Å². The molecule has 0 radical (unpaired) electrons. The molecular weight excluding hydrogens is 208 g/mol. The van der Waals surface area contributed by atoms with E-state index in [0.29, 0.717) is 6.04 Å². The van der Waals surface area contributed by atoms with Crippen LogP contribution in [-0.2, 0) is 0 Å². The maximum atomic E-state index is 3.81. The third-order valence-electron chi connectivity index (χ3n) is 4.03. The van der Waals surface area contributed by atoms with Gasteiger partial charge in [0, 0.05) is 11.6 Å². The van der Waals surface area contributed by atoms with Crippen molar-refractivity contribution in [2.24, 2.45) is 0 Å². The second kappa shape index (κ2) is 8.71. The van der Waals surface area contributed by atoms with E-state index in [4.69, 9.17) is 0 Å². The Kier molecular flexibility index (Phi) is 8.53. The van der Waals surface area contributed by atoms with Gasteiger partial charge in [0.15, 0.2) is 0 Å². The van der Waals surface area contributed by atoms with Crippen LogP contribution in [0.4, 0.5) is 0 Å². The third kappa shape index (κ3) is 5.22. The molecule has 0 amide bonds. The first kappa shape index (κ1) is 16.7. The van der Waals surface area contributed by atoms with Gasteiger partial charge in [-0.1, -0.05) is 19.9 Å².